The first-order chi connectivity index (χ1) is 10.1. The van der Waals surface area contributed by atoms with Crippen LogP contribution in [-0.2, 0) is 11.3 Å². The molecule has 0 aliphatic carbocycles. The van der Waals surface area contributed by atoms with Crippen LogP contribution in [0.25, 0.3) is 0 Å². The lowest BCUT2D eigenvalue weighted by Crippen LogP contribution is -2.34. The molecule has 0 spiro atoms. The summed E-state index contributed by atoms with van der Waals surface area (Å²) in [5.74, 6) is -1.99. The van der Waals surface area contributed by atoms with Gasteiger partial charge in [0.15, 0.2) is 11.7 Å². The molecule has 1 amide bonds. The third-order valence-electron chi connectivity index (χ3n) is 2.80. The van der Waals surface area contributed by atoms with E-state index in [1.165, 1.54) is 6.26 Å². The van der Waals surface area contributed by atoms with Crippen molar-refractivity contribution in [3.63, 3.8) is 0 Å². The summed E-state index contributed by atoms with van der Waals surface area (Å²) in [4.78, 5) is 24.1. The number of amides is 1. The van der Waals surface area contributed by atoms with Crippen LogP contribution in [0.3, 0.4) is 0 Å². The minimum absolute atomic E-state index is 0.137. The molecule has 21 heavy (non-hydrogen) atoms. The molecular formula is C15H11BrN2O3. The molecule has 5 nitrogen and oxygen atoms in total. The Labute approximate surface area is 129 Å². The Morgan fingerprint density at radius 1 is 1.29 bits per heavy atom. The Kier molecular flexibility index (Phi) is 4.90. The molecule has 106 valence electrons. The minimum Gasteiger partial charge on any atom is -0.467 e. The average molecular weight is 347 g/mol. The highest BCUT2D eigenvalue weighted by Gasteiger charge is 2.27. The SMILES string of the molecule is N#C[C@@H](C(=O)NCc1ccco1)C(=O)c1ccc(Br)cc1. The summed E-state index contributed by atoms with van der Waals surface area (Å²) in [6.45, 7) is 0.137. The molecule has 0 unspecified atom stereocenters. The smallest absolute Gasteiger partial charge is 0.245 e. The van der Waals surface area contributed by atoms with Gasteiger partial charge in [-0.05, 0) is 24.3 Å². The first-order valence-electron chi connectivity index (χ1n) is 6.11. The normalized spacial score (nSPS) is 11.4. The highest BCUT2D eigenvalue weighted by atomic mass is 79.9. The molecule has 1 aromatic heterocycles. The Balaban J connectivity index is 2.04. The van der Waals surface area contributed by atoms with Gasteiger partial charge in [0.2, 0.25) is 5.91 Å². The summed E-state index contributed by atoms with van der Waals surface area (Å²) in [6, 6.07) is 11.6. The van der Waals surface area contributed by atoms with Crippen molar-refractivity contribution >= 4 is 27.6 Å². The molecule has 1 heterocycles. The van der Waals surface area contributed by atoms with Gasteiger partial charge < -0.3 is 9.73 Å². The second kappa shape index (κ2) is 6.86. The number of hydrogen-bond acceptors (Lipinski definition) is 4. The van der Waals surface area contributed by atoms with E-state index in [4.69, 9.17) is 9.68 Å². The van der Waals surface area contributed by atoms with E-state index >= 15 is 0 Å². The van der Waals surface area contributed by atoms with E-state index in [9.17, 15) is 9.59 Å². The van der Waals surface area contributed by atoms with E-state index < -0.39 is 17.6 Å². The van der Waals surface area contributed by atoms with Crippen molar-refractivity contribution in [2.45, 2.75) is 6.54 Å². The number of halogens is 1. The second-order valence-electron chi connectivity index (χ2n) is 4.23. The van der Waals surface area contributed by atoms with Gasteiger partial charge in [0.05, 0.1) is 18.9 Å². The summed E-state index contributed by atoms with van der Waals surface area (Å²) < 4.78 is 5.88. The second-order valence-corrected chi connectivity index (χ2v) is 5.15. The number of ketones is 1. The molecule has 0 aliphatic rings. The van der Waals surface area contributed by atoms with E-state index in [-0.39, 0.29) is 6.54 Å². The van der Waals surface area contributed by atoms with Crippen molar-refractivity contribution in [2.75, 3.05) is 0 Å². The molecule has 2 rings (SSSR count). The van der Waals surface area contributed by atoms with Crippen LogP contribution in [0.15, 0.2) is 51.6 Å². The summed E-state index contributed by atoms with van der Waals surface area (Å²) in [5.41, 5.74) is 0.317. The number of nitrogens with zero attached hydrogens (tertiary/aromatic N) is 1. The highest BCUT2D eigenvalue weighted by Crippen LogP contribution is 2.14. The van der Waals surface area contributed by atoms with Gasteiger partial charge in [-0.25, -0.2) is 0 Å². The van der Waals surface area contributed by atoms with Gasteiger partial charge in [-0.2, -0.15) is 5.26 Å². The van der Waals surface area contributed by atoms with Crippen molar-refractivity contribution in [1.82, 2.24) is 5.32 Å². The van der Waals surface area contributed by atoms with Crippen LogP contribution >= 0.6 is 15.9 Å². The summed E-state index contributed by atoms with van der Waals surface area (Å²) in [7, 11) is 0. The topological polar surface area (TPSA) is 83.1 Å². The van der Waals surface area contributed by atoms with Crippen LogP contribution < -0.4 is 5.32 Å². The zero-order valence-corrected chi connectivity index (χ0v) is 12.5. The number of rotatable bonds is 5. The zero-order chi connectivity index (χ0) is 15.2. The van der Waals surface area contributed by atoms with Gasteiger partial charge in [-0.1, -0.05) is 28.1 Å². The Hall–Kier alpha value is -2.39. The maximum absolute atomic E-state index is 12.2. The average Bonchev–Trinajstić information content (AvgIpc) is 3.00. The van der Waals surface area contributed by atoms with Crippen LogP contribution in [-0.4, -0.2) is 11.7 Å². The largest absolute Gasteiger partial charge is 0.467 e. The molecule has 1 atom stereocenters. The maximum Gasteiger partial charge on any atom is 0.245 e. The Morgan fingerprint density at radius 3 is 2.57 bits per heavy atom. The van der Waals surface area contributed by atoms with Gasteiger partial charge >= 0.3 is 0 Å². The maximum atomic E-state index is 12.2. The van der Waals surface area contributed by atoms with Crippen LogP contribution in [0.4, 0.5) is 0 Å². The molecule has 0 aliphatic heterocycles. The lowest BCUT2D eigenvalue weighted by Gasteiger charge is -2.08. The summed E-state index contributed by atoms with van der Waals surface area (Å²) in [5, 5.41) is 11.6. The monoisotopic (exact) mass is 346 g/mol. The quantitative estimate of drug-likeness (QED) is 0.666. The third-order valence-corrected chi connectivity index (χ3v) is 3.33. The van der Waals surface area contributed by atoms with Crippen molar-refractivity contribution < 1.29 is 14.0 Å². The first-order valence-corrected chi connectivity index (χ1v) is 6.90. The van der Waals surface area contributed by atoms with E-state index in [0.717, 1.165) is 4.47 Å². The van der Waals surface area contributed by atoms with Crippen molar-refractivity contribution in [1.29, 1.82) is 5.26 Å². The van der Waals surface area contributed by atoms with Gasteiger partial charge in [0.1, 0.15) is 5.76 Å². The first kappa shape index (κ1) is 15.0. The number of carbonyl (C=O) groups excluding carboxylic acids is 2. The summed E-state index contributed by atoms with van der Waals surface area (Å²) in [6.07, 6.45) is 1.48. The standard InChI is InChI=1S/C15H11BrN2O3/c16-11-5-3-10(4-6-11)14(19)13(8-17)15(20)18-9-12-2-1-7-21-12/h1-7,13H,9H2,(H,18,20)/t13-/m1/s1. The predicted octanol–water partition coefficient (Wildman–Crippen LogP) is 2.68. The molecule has 1 N–H and O–H groups in total. The van der Waals surface area contributed by atoms with Crippen molar-refractivity contribution in [3.05, 3.63) is 58.5 Å². The molecule has 0 saturated heterocycles. The lowest BCUT2D eigenvalue weighted by atomic mass is 9.98. The Bertz CT molecular complexity index is 672. The number of furan rings is 1. The van der Waals surface area contributed by atoms with Gasteiger partial charge in [0.25, 0.3) is 0 Å². The van der Waals surface area contributed by atoms with Crippen molar-refractivity contribution in [3.8, 4) is 6.07 Å². The fourth-order valence-corrected chi connectivity index (χ4v) is 1.97. The van der Waals surface area contributed by atoms with Gasteiger partial charge in [0, 0.05) is 10.0 Å². The molecule has 0 radical (unpaired) electrons. The zero-order valence-electron chi connectivity index (χ0n) is 10.9. The van der Waals surface area contributed by atoms with E-state index in [1.54, 1.807) is 42.5 Å². The Morgan fingerprint density at radius 2 is 2.00 bits per heavy atom. The van der Waals surface area contributed by atoms with E-state index in [2.05, 4.69) is 21.2 Å². The molecule has 1 aromatic carbocycles. The molecule has 0 saturated carbocycles. The van der Waals surface area contributed by atoms with E-state index in [1.807, 2.05) is 0 Å². The molecule has 2 aromatic rings. The molecule has 0 bridgehead atoms. The van der Waals surface area contributed by atoms with Crippen molar-refractivity contribution in [2.24, 2.45) is 5.92 Å². The number of Topliss-reactive ketones (excluding diaryl/α,β-unsaturated/α-hetero) is 1. The predicted molar refractivity (Wildman–Crippen MR) is 78.1 cm³/mol. The van der Waals surface area contributed by atoms with Crippen LogP contribution in [0.5, 0.6) is 0 Å². The minimum atomic E-state index is -1.37. The third kappa shape index (κ3) is 3.80. The fourth-order valence-electron chi connectivity index (χ4n) is 1.71. The summed E-state index contributed by atoms with van der Waals surface area (Å²) >= 11 is 3.26. The van der Waals surface area contributed by atoms with Crippen LogP contribution in [0, 0.1) is 17.2 Å². The highest BCUT2D eigenvalue weighted by molar-refractivity contribution is 9.10. The number of benzene rings is 1. The van der Waals surface area contributed by atoms with Gasteiger partial charge in [-0.15, -0.1) is 0 Å². The number of carbonyl (C=O) groups is 2. The molecule has 0 fully saturated rings. The fraction of sp³-hybridized carbons (Fsp3) is 0.133. The van der Waals surface area contributed by atoms with E-state index in [0.29, 0.717) is 11.3 Å². The van der Waals surface area contributed by atoms with Crippen LogP contribution in [0.1, 0.15) is 16.1 Å². The number of hydrogen-bond donors (Lipinski definition) is 1. The number of nitrogens with one attached hydrogen (secondary N) is 1. The van der Waals surface area contributed by atoms with Gasteiger partial charge in [-0.3, -0.25) is 9.59 Å². The molecular weight excluding hydrogens is 336 g/mol. The number of nitriles is 1. The molecule has 6 heteroatoms. The lowest BCUT2D eigenvalue weighted by molar-refractivity contribution is -0.122. The van der Waals surface area contributed by atoms with Crippen LogP contribution in [0.2, 0.25) is 0 Å².